The normalized spacial score (nSPS) is 10.5. The maximum atomic E-state index is 13.9. The third-order valence-electron chi connectivity index (χ3n) is 2.49. The Balaban J connectivity index is 2.69. The standard InChI is InChI=1S/C13H8BrF2IO/c1-18-11-5-2-7(14)6-9(11)8-3-4-10(17)13(16)12(8)15/h2-6H,1H3. The Morgan fingerprint density at radius 2 is 1.78 bits per heavy atom. The fourth-order valence-corrected chi connectivity index (χ4v) is 2.40. The summed E-state index contributed by atoms with van der Waals surface area (Å²) in [4.78, 5) is 0. The van der Waals surface area contributed by atoms with Crippen LogP contribution >= 0.6 is 38.5 Å². The molecule has 2 aromatic rings. The van der Waals surface area contributed by atoms with E-state index in [1.807, 2.05) is 0 Å². The Morgan fingerprint density at radius 1 is 1.06 bits per heavy atom. The lowest BCUT2D eigenvalue weighted by atomic mass is 10.0. The monoisotopic (exact) mass is 424 g/mol. The molecule has 0 saturated carbocycles. The van der Waals surface area contributed by atoms with Gasteiger partial charge in [-0.2, -0.15) is 0 Å². The first-order valence-corrected chi connectivity index (χ1v) is 6.89. The smallest absolute Gasteiger partial charge is 0.172 e. The number of halogens is 4. The second-order valence-corrected chi connectivity index (χ2v) is 5.65. The van der Waals surface area contributed by atoms with E-state index in [1.165, 1.54) is 13.2 Å². The lowest BCUT2D eigenvalue weighted by molar-refractivity contribution is 0.416. The van der Waals surface area contributed by atoms with Crippen LogP contribution < -0.4 is 4.74 Å². The van der Waals surface area contributed by atoms with Crippen LogP contribution in [0.5, 0.6) is 5.75 Å². The quantitative estimate of drug-likeness (QED) is 0.486. The van der Waals surface area contributed by atoms with Crippen molar-refractivity contribution in [2.45, 2.75) is 0 Å². The molecule has 0 amide bonds. The SMILES string of the molecule is COc1ccc(Br)cc1-c1ccc(I)c(F)c1F. The van der Waals surface area contributed by atoms with Gasteiger partial charge in [0.05, 0.1) is 10.7 Å². The molecule has 0 unspecified atom stereocenters. The fraction of sp³-hybridized carbons (Fsp3) is 0.0769. The molecule has 94 valence electrons. The average Bonchev–Trinajstić information content (AvgIpc) is 2.36. The highest BCUT2D eigenvalue weighted by Gasteiger charge is 2.16. The Morgan fingerprint density at radius 3 is 2.44 bits per heavy atom. The fourth-order valence-electron chi connectivity index (χ4n) is 1.62. The lowest BCUT2D eigenvalue weighted by Crippen LogP contribution is -1.95. The Labute approximate surface area is 125 Å². The van der Waals surface area contributed by atoms with Gasteiger partial charge < -0.3 is 4.74 Å². The molecule has 0 radical (unpaired) electrons. The molecule has 0 atom stereocenters. The van der Waals surface area contributed by atoms with Crippen molar-refractivity contribution < 1.29 is 13.5 Å². The first-order chi connectivity index (χ1) is 8.54. The van der Waals surface area contributed by atoms with Crippen LogP contribution in [-0.4, -0.2) is 7.11 Å². The molecule has 2 aromatic carbocycles. The Bertz CT molecular complexity index is 602. The maximum absolute atomic E-state index is 13.9. The first-order valence-electron chi connectivity index (χ1n) is 5.02. The second-order valence-electron chi connectivity index (χ2n) is 3.57. The van der Waals surface area contributed by atoms with Gasteiger partial charge in [0.25, 0.3) is 0 Å². The first kappa shape index (κ1) is 13.7. The number of benzene rings is 2. The molecule has 0 aliphatic heterocycles. The van der Waals surface area contributed by atoms with E-state index >= 15 is 0 Å². The van der Waals surface area contributed by atoms with Crippen molar-refractivity contribution >= 4 is 38.5 Å². The molecule has 2 rings (SSSR count). The minimum absolute atomic E-state index is 0.186. The van der Waals surface area contributed by atoms with E-state index in [4.69, 9.17) is 4.74 Å². The van der Waals surface area contributed by atoms with Crippen LogP contribution in [0.4, 0.5) is 8.78 Å². The topological polar surface area (TPSA) is 9.23 Å². The minimum atomic E-state index is -0.863. The zero-order valence-corrected chi connectivity index (χ0v) is 13.1. The summed E-state index contributed by atoms with van der Waals surface area (Å²) in [6, 6.07) is 8.26. The molecule has 0 saturated heterocycles. The third-order valence-corrected chi connectivity index (χ3v) is 3.81. The van der Waals surface area contributed by atoms with Crippen molar-refractivity contribution in [3.8, 4) is 16.9 Å². The molecular formula is C13H8BrF2IO. The van der Waals surface area contributed by atoms with Gasteiger partial charge in [0.1, 0.15) is 5.75 Å². The molecular weight excluding hydrogens is 417 g/mol. The molecule has 0 N–H and O–H groups in total. The molecule has 18 heavy (non-hydrogen) atoms. The van der Waals surface area contributed by atoms with Gasteiger partial charge >= 0.3 is 0 Å². The summed E-state index contributed by atoms with van der Waals surface area (Å²) in [6.07, 6.45) is 0. The number of methoxy groups -OCH3 is 1. The zero-order chi connectivity index (χ0) is 13.3. The van der Waals surface area contributed by atoms with Crippen molar-refractivity contribution in [2.75, 3.05) is 7.11 Å². The third kappa shape index (κ3) is 2.51. The van der Waals surface area contributed by atoms with Crippen molar-refractivity contribution in [3.05, 3.63) is 50.0 Å². The highest BCUT2D eigenvalue weighted by molar-refractivity contribution is 14.1. The van der Waals surface area contributed by atoms with Crippen molar-refractivity contribution in [3.63, 3.8) is 0 Å². The molecule has 0 aliphatic carbocycles. The summed E-state index contributed by atoms with van der Waals surface area (Å²) < 4.78 is 33.7. The molecule has 1 nitrogen and oxygen atoms in total. The molecule has 0 fully saturated rings. The van der Waals surface area contributed by atoms with Gasteiger partial charge in [0.2, 0.25) is 0 Å². The number of hydrogen-bond acceptors (Lipinski definition) is 1. The highest BCUT2D eigenvalue weighted by atomic mass is 127. The van der Waals surface area contributed by atoms with Crippen LogP contribution in [0, 0.1) is 15.2 Å². The number of ether oxygens (including phenoxy) is 1. The molecule has 5 heteroatoms. The zero-order valence-electron chi connectivity index (χ0n) is 9.31. The van der Waals surface area contributed by atoms with E-state index in [2.05, 4.69) is 15.9 Å². The summed E-state index contributed by atoms with van der Waals surface area (Å²) in [5.74, 6) is -1.20. The van der Waals surface area contributed by atoms with Crippen molar-refractivity contribution in [1.82, 2.24) is 0 Å². The van der Waals surface area contributed by atoms with E-state index in [1.54, 1.807) is 46.9 Å². The number of hydrogen-bond donors (Lipinski definition) is 0. The van der Waals surface area contributed by atoms with Crippen molar-refractivity contribution in [2.24, 2.45) is 0 Å². The molecule has 0 aliphatic rings. The Kier molecular flexibility index (Phi) is 4.21. The van der Waals surface area contributed by atoms with E-state index in [0.29, 0.717) is 11.3 Å². The maximum Gasteiger partial charge on any atom is 0.172 e. The average molecular weight is 425 g/mol. The lowest BCUT2D eigenvalue weighted by Gasteiger charge is -2.11. The van der Waals surface area contributed by atoms with Gasteiger partial charge in [-0.25, -0.2) is 8.78 Å². The van der Waals surface area contributed by atoms with Crippen LogP contribution in [0.3, 0.4) is 0 Å². The van der Waals surface area contributed by atoms with Crippen LogP contribution in [0.15, 0.2) is 34.8 Å². The van der Waals surface area contributed by atoms with Gasteiger partial charge in [-0.1, -0.05) is 22.0 Å². The molecule has 0 bridgehead atoms. The van der Waals surface area contributed by atoms with E-state index in [0.717, 1.165) is 4.47 Å². The van der Waals surface area contributed by atoms with Crippen LogP contribution in [-0.2, 0) is 0 Å². The summed E-state index contributed by atoms with van der Waals surface area (Å²) in [5, 5.41) is 0. The summed E-state index contributed by atoms with van der Waals surface area (Å²) in [6.45, 7) is 0. The summed E-state index contributed by atoms with van der Waals surface area (Å²) in [5.41, 5.74) is 0.700. The highest BCUT2D eigenvalue weighted by Crippen LogP contribution is 2.35. The summed E-state index contributed by atoms with van der Waals surface area (Å²) >= 11 is 5.06. The van der Waals surface area contributed by atoms with Gasteiger partial charge in [-0.3, -0.25) is 0 Å². The largest absolute Gasteiger partial charge is 0.496 e. The van der Waals surface area contributed by atoms with Crippen LogP contribution in [0.25, 0.3) is 11.1 Å². The van der Waals surface area contributed by atoms with E-state index in [-0.39, 0.29) is 9.13 Å². The summed E-state index contributed by atoms with van der Waals surface area (Å²) in [7, 11) is 1.49. The predicted octanol–water partition coefficient (Wildman–Crippen LogP) is 5.01. The van der Waals surface area contributed by atoms with Gasteiger partial charge in [0.15, 0.2) is 11.6 Å². The Hall–Kier alpha value is -0.690. The van der Waals surface area contributed by atoms with Gasteiger partial charge in [-0.05, 0) is 46.9 Å². The minimum Gasteiger partial charge on any atom is -0.496 e. The number of rotatable bonds is 2. The van der Waals surface area contributed by atoms with Crippen LogP contribution in [0.1, 0.15) is 0 Å². The predicted molar refractivity (Wildman–Crippen MR) is 78.8 cm³/mol. The molecule has 0 spiro atoms. The van der Waals surface area contributed by atoms with Crippen molar-refractivity contribution in [1.29, 1.82) is 0 Å². The van der Waals surface area contributed by atoms with E-state index < -0.39 is 11.6 Å². The van der Waals surface area contributed by atoms with Gasteiger partial charge in [-0.15, -0.1) is 0 Å². The second kappa shape index (κ2) is 5.52. The molecule has 0 aromatic heterocycles. The van der Waals surface area contributed by atoms with E-state index in [9.17, 15) is 8.78 Å². The van der Waals surface area contributed by atoms with Crippen LogP contribution in [0.2, 0.25) is 0 Å². The molecule has 0 heterocycles. The van der Waals surface area contributed by atoms with Gasteiger partial charge in [0, 0.05) is 15.6 Å².